The topological polar surface area (TPSA) is 67.0 Å². The van der Waals surface area contributed by atoms with Gasteiger partial charge in [0.25, 0.3) is 0 Å². The summed E-state index contributed by atoms with van der Waals surface area (Å²) >= 11 is 0. The number of hydrogen-bond donors (Lipinski definition) is 2. The summed E-state index contributed by atoms with van der Waals surface area (Å²) in [5.41, 5.74) is 3.03. The fraction of sp³-hybridized carbons (Fsp3) is 0.429. The van der Waals surface area contributed by atoms with Gasteiger partial charge in [0.15, 0.2) is 0 Å². The molecule has 0 unspecified atom stereocenters. The summed E-state index contributed by atoms with van der Waals surface area (Å²) in [7, 11) is 1.32. The SMILES string of the molecule is COC(=O)Nc1nc2ccc(CCC(C)C)cc2[nH]1. The summed E-state index contributed by atoms with van der Waals surface area (Å²) < 4.78 is 4.53. The maximum atomic E-state index is 11.1. The third-order valence-electron chi connectivity index (χ3n) is 2.96. The molecule has 0 atom stereocenters. The fourth-order valence-electron chi connectivity index (χ4n) is 1.87. The quantitative estimate of drug-likeness (QED) is 0.887. The minimum Gasteiger partial charge on any atom is -0.453 e. The second-order valence-electron chi connectivity index (χ2n) is 4.99. The van der Waals surface area contributed by atoms with Crippen LogP contribution in [-0.4, -0.2) is 23.2 Å². The molecular weight excluding hydrogens is 242 g/mol. The number of hydrogen-bond acceptors (Lipinski definition) is 3. The number of fused-ring (bicyclic) bond motifs is 1. The standard InChI is InChI=1S/C14H19N3O2/c1-9(2)4-5-10-6-7-11-12(8-10)16-13(15-11)17-14(18)19-3/h6-9H,4-5H2,1-3H3,(H2,15,16,17,18). The maximum absolute atomic E-state index is 11.1. The van der Waals surface area contributed by atoms with Crippen LogP contribution in [0, 0.1) is 5.92 Å². The number of H-pyrrole nitrogens is 1. The van der Waals surface area contributed by atoms with Crippen molar-refractivity contribution in [2.75, 3.05) is 12.4 Å². The zero-order chi connectivity index (χ0) is 13.8. The summed E-state index contributed by atoms with van der Waals surface area (Å²) in [6, 6.07) is 6.12. The molecule has 1 aromatic carbocycles. The van der Waals surface area contributed by atoms with Gasteiger partial charge in [0.2, 0.25) is 5.95 Å². The average molecular weight is 261 g/mol. The molecule has 0 saturated carbocycles. The van der Waals surface area contributed by atoms with Crippen molar-refractivity contribution in [1.82, 2.24) is 9.97 Å². The molecule has 0 aliphatic carbocycles. The Morgan fingerprint density at radius 2 is 2.26 bits per heavy atom. The number of aryl methyl sites for hydroxylation is 1. The molecule has 0 fully saturated rings. The lowest BCUT2D eigenvalue weighted by Crippen LogP contribution is -2.11. The van der Waals surface area contributed by atoms with Gasteiger partial charge in [-0.3, -0.25) is 5.32 Å². The van der Waals surface area contributed by atoms with Crippen molar-refractivity contribution in [3.05, 3.63) is 23.8 Å². The van der Waals surface area contributed by atoms with Gasteiger partial charge < -0.3 is 9.72 Å². The first-order valence-corrected chi connectivity index (χ1v) is 6.42. The van der Waals surface area contributed by atoms with E-state index in [0.717, 1.165) is 23.9 Å². The molecule has 0 aliphatic rings. The van der Waals surface area contributed by atoms with Crippen molar-refractivity contribution in [3.63, 3.8) is 0 Å². The van der Waals surface area contributed by atoms with Crippen LogP contribution in [0.1, 0.15) is 25.8 Å². The summed E-state index contributed by atoms with van der Waals surface area (Å²) in [4.78, 5) is 18.4. The minimum atomic E-state index is -0.529. The minimum absolute atomic E-state index is 0.405. The lowest BCUT2D eigenvalue weighted by molar-refractivity contribution is 0.186. The Kier molecular flexibility index (Phi) is 4.04. The molecule has 2 rings (SSSR count). The van der Waals surface area contributed by atoms with Crippen molar-refractivity contribution in [3.8, 4) is 0 Å². The number of methoxy groups -OCH3 is 1. The highest BCUT2D eigenvalue weighted by Crippen LogP contribution is 2.18. The Morgan fingerprint density at radius 1 is 1.47 bits per heavy atom. The average Bonchev–Trinajstić information content (AvgIpc) is 2.77. The molecule has 1 aromatic heterocycles. The van der Waals surface area contributed by atoms with Crippen LogP contribution in [0.2, 0.25) is 0 Å². The van der Waals surface area contributed by atoms with Gasteiger partial charge in [-0.1, -0.05) is 19.9 Å². The number of ether oxygens (including phenoxy) is 1. The number of nitrogens with one attached hydrogen (secondary N) is 2. The van der Waals surface area contributed by atoms with Crippen LogP contribution in [0.4, 0.5) is 10.7 Å². The van der Waals surface area contributed by atoms with Gasteiger partial charge in [0.05, 0.1) is 18.1 Å². The van der Waals surface area contributed by atoms with E-state index in [2.05, 4.69) is 46.0 Å². The highest BCUT2D eigenvalue weighted by atomic mass is 16.5. The van der Waals surface area contributed by atoms with E-state index >= 15 is 0 Å². The van der Waals surface area contributed by atoms with E-state index in [1.54, 1.807) is 0 Å². The molecule has 1 heterocycles. The molecule has 102 valence electrons. The van der Waals surface area contributed by atoms with Crippen molar-refractivity contribution < 1.29 is 9.53 Å². The molecule has 0 aliphatic heterocycles. The van der Waals surface area contributed by atoms with E-state index in [1.807, 2.05) is 6.07 Å². The number of anilines is 1. The maximum Gasteiger partial charge on any atom is 0.413 e. The Bertz CT molecular complexity index is 575. The first-order chi connectivity index (χ1) is 9.08. The summed E-state index contributed by atoms with van der Waals surface area (Å²) in [6.45, 7) is 4.43. The van der Waals surface area contributed by atoms with Crippen LogP contribution in [0.15, 0.2) is 18.2 Å². The van der Waals surface area contributed by atoms with Crippen molar-refractivity contribution in [1.29, 1.82) is 0 Å². The Morgan fingerprint density at radius 3 is 2.95 bits per heavy atom. The van der Waals surface area contributed by atoms with E-state index in [4.69, 9.17) is 0 Å². The van der Waals surface area contributed by atoms with E-state index in [9.17, 15) is 4.79 Å². The van der Waals surface area contributed by atoms with Gasteiger partial charge in [-0.2, -0.15) is 0 Å². The van der Waals surface area contributed by atoms with Crippen LogP contribution < -0.4 is 5.32 Å². The highest BCUT2D eigenvalue weighted by Gasteiger charge is 2.07. The van der Waals surface area contributed by atoms with Crippen LogP contribution in [-0.2, 0) is 11.2 Å². The lowest BCUT2D eigenvalue weighted by atomic mass is 10.0. The van der Waals surface area contributed by atoms with E-state index in [-0.39, 0.29) is 0 Å². The first-order valence-electron chi connectivity index (χ1n) is 6.42. The predicted molar refractivity (Wildman–Crippen MR) is 75.3 cm³/mol. The van der Waals surface area contributed by atoms with Crippen molar-refractivity contribution in [2.24, 2.45) is 5.92 Å². The van der Waals surface area contributed by atoms with E-state index < -0.39 is 6.09 Å². The Balaban J connectivity index is 2.16. The lowest BCUT2D eigenvalue weighted by Gasteiger charge is -2.04. The number of benzene rings is 1. The second kappa shape index (κ2) is 5.73. The molecule has 0 radical (unpaired) electrons. The Hall–Kier alpha value is -2.04. The van der Waals surface area contributed by atoms with Gasteiger partial charge in [0, 0.05) is 0 Å². The highest BCUT2D eigenvalue weighted by molar-refractivity contribution is 5.86. The number of rotatable bonds is 4. The van der Waals surface area contributed by atoms with Gasteiger partial charge in [-0.05, 0) is 36.5 Å². The molecule has 5 heteroatoms. The van der Waals surface area contributed by atoms with Crippen LogP contribution in [0.5, 0.6) is 0 Å². The first kappa shape index (κ1) is 13.4. The smallest absolute Gasteiger partial charge is 0.413 e. The summed E-state index contributed by atoms with van der Waals surface area (Å²) in [5, 5.41) is 2.52. The molecule has 5 nitrogen and oxygen atoms in total. The van der Waals surface area contributed by atoms with Crippen LogP contribution in [0.25, 0.3) is 11.0 Å². The number of imidazole rings is 1. The predicted octanol–water partition coefficient (Wildman–Crippen LogP) is 3.33. The number of carbonyl (C=O) groups excluding carboxylic acids is 1. The van der Waals surface area contributed by atoms with Gasteiger partial charge in [-0.15, -0.1) is 0 Å². The van der Waals surface area contributed by atoms with Crippen molar-refractivity contribution in [2.45, 2.75) is 26.7 Å². The van der Waals surface area contributed by atoms with E-state index in [1.165, 1.54) is 12.7 Å². The molecule has 2 N–H and O–H groups in total. The largest absolute Gasteiger partial charge is 0.453 e. The molecule has 1 amide bonds. The number of aromatic amines is 1. The van der Waals surface area contributed by atoms with Crippen LogP contribution in [0.3, 0.4) is 0 Å². The molecule has 0 bridgehead atoms. The second-order valence-corrected chi connectivity index (χ2v) is 4.99. The monoisotopic (exact) mass is 261 g/mol. The fourth-order valence-corrected chi connectivity index (χ4v) is 1.87. The number of nitrogens with zero attached hydrogens (tertiary/aromatic N) is 1. The van der Waals surface area contributed by atoms with Crippen LogP contribution >= 0.6 is 0 Å². The molecule has 2 aromatic rings. The van der Waals surface area contributed by atoms with Gasteiger partial charge >= 0.3 is 6.09 Å². The third-order valence-corrected chi connectivity index (χ3v) is 2.96. The van der Waals surface area contributed by atoms with E-state index in [0.29, 0.717) is 11.9 Å². The number of aromatic nitrogens is 2. The normalized spacial score (nSPS) is 10.9. The molecular formula is C14H19N3O2. The number of amides is 1. The molecule has 0 saturated heterocycles. The van der Waals surface area contributed by atoms with Gasteiger partial charge in [-0.25, -0.2) is 9.78 Å². The molecule has 19 heavy (non-hydrogen) atoms. The van der Waals surface area contributed by atoms with Crippen molar-refractivity contribution >= 4 is 23.1 Å². The van der Waals surface area contributed by atoms with Gasteiger partial charge in [0.1, 0.15) is 0 Å². The zero-order valence-electron chi connectivity index (χ0n) is 11.5. The third kappa shape index (κ3) is 3.47. The Labute approximate surface area is 112 Å². The summed E-state index contributed by atoms with van der Waals surface area (Å²) in [6.07, 6.45) is 1.68. The molecule has 0 spiro atoms. The zero-order valence-corrected chi connectivity index (χ0v) is 11.5. The number of carbonyl (C=O) groups is 1. The summed E-state index contributed by atoms with van der Waals surface area (Å²) in [5.74, 6) is 1.09.